The average Bonchev–Trinajstić information content (AvgIpc) is 3.30. The largest absolute Gasteiger partial charge is 0.459 e. The first-order valence-corrected chi connectivity index (χ1v) is 8.55. The fraction of sp³-hybridized carbons (Fsp3) is 0.235. The molecule has 1 aromatic heterocycles. The number of furan rings is 1. The third-order valence-electron chi connectivity index (χ3n) is 3.79. The van der Waals surface area contributed by atoms with E-state index in [2.05, 4.69) is 21.2 Å². The van der Waals surface area contributed by atoms with E-state index in [9.17, 15) is 14.4 Å². The van der Waals surface area contributed by atoms with Crippen molar-refractivity contribution in [2.75, 3.05) is 19.6 Å². The van der Waals surface area contributed by atoms with Crippen LogP contribution in [0.5, 0.6) is 0 Å². The number of hydrazine groups is 1. The standard InChI is InChI=1S/C17H16BrN3O4/c18-13-6-4-12(5-7-13)17(24)21-9-2-8-20(21)15(22)11-19-16(23)14-3-1-10-25-14/h1,3-7,10H,2,8-9,11H2,(H,19,23). The number of nitrogens with zero attached hydrogens (tertiary/aromatic N) is 2. The Kier molecular flexibility index (Phi) is 5.18. The maximum absolute atomic E-state index is 12.6. The summed E-state index contributed by atoms with van der Waals surface area (Å²) >= 11 is 3.33. The Hall–Kier alpha value is -2.61. The number of hydrogen-bond donors (Lipinski definition) is 1. The Balaban J connectivity index is 1.62. The Morgan fingerprint density at radius 3 is 2.48 bits per heavy atom. The van der Waals surface area contributed by atoms with E-state index in [4.69, 9.17) is 4.42 Å². The van der Waals surface area contributed by atoms with Gasteiger partial charge in [0, 0.05) is 23.1 Å². The highest BCUT2D eigenvalue weighted by molar-refractivity contribution is 9.10. The summed E-state index contributed by atoms with van der Waals surface area (Å²) in [7, 11) is 0. The molecule has 8 heteroatoms. The van der Waals surface area contributed by atoms with Crippen LogP contribution in [0.25, 0.3) is 0 Å². The summed E-state index contributed by atoms with van der Waals surface area (Å²) in [6.45, 7) is 0.703. The van der Waals surface area contributed by atoms with Crippen molar-refractivity contribution in [1.29, 1.82) is 0 Å². The summed E-state index contributed by atoms with van der Waals surface area (Å²) in [6, 6.07) is 10.1. The van der Waals surface area contributed by atoms with Crippen molar-refractivity contribution in [3.63, 3.8) is 0 Å². The summed E-state index contributed by atoms with van der Waals surface area (Å²) in [5, 5.41) is 5.30. The van der Waals surface area contributed by atoms with Gasteiger partial charge in [0.1, 0.15) is 0 Å². The van der Waals surface area contributed by atoms with Crippen LogP contribution in [0.4, 0.5) is 0 Å². The first-order valence-electron chi connectivity index (χ1n) is 7.75. The summed E-state index contributed by atoms with van der Waals surface area (Å²) in [5.41, 5.74) is 0.502. The normalized spacial score (nSPS) is 13.8. The van der Waals surface area contributed by atoms with E-state index in [-0.39, 0.29) is 24.1 Å². The lowest BCUT2D eigenvalue weighted by atomic mass is 10.2. The van der Waals surface area contributed by atoms with E-state index in [1.54, 1.807) is 30.3 Å². The smallest absolute Gasteiger partial charge is 0.287 e. The molecule has 1 aliphatic rings. The highest BCUT2D eigenvalue weighted by Gasteiger charge is 2.31. The first-order chi connectivity index (χ1) is 12.1. The van der Waals surface area contributed by atoms with Crippen LogP contribution >= 0.6 is 15.9 Å². The fourth-order valence-electron chi connectivity index (χ4n) is 2.57. The lowest BCUT2D eigenvalue weighted by Gasteiger charge is -2.28. The number of benzene rings is 1. The van der Waals surface area contributed by atoms with Crippen molar-refractivity contribution < 1.29 is 18.8 Å². The molecule has 1 N–H and O–H groups in total. The minimum Gasteiger partial charge on any atom is -0.459 e. The predicted molar refractivity (Wildman–Crippen MR) is 92.5 cm³/mol. The van der Waals surface area contributed by atoms with Crippen LogP contribution < -0.4 is 5.32 Å². The van der Waals surface area contributed by atoms with Gasteiger partial charge < -0.3 is 9.73 Å². The summed E-state index contributed by atoms with van der Waals surface area (Å²) in [4.78, 5) is 36.8. The van der Waals surface area contributed by atoms with Crippen LogP contribution in [0.15, 0.2) is 51.6 Å². The molecule has 1 aromatic carbocycles. The Labute approximate surface area is 152 Å². The zero-order valence-electron chi connectivity index (χ0n) is 13.3. The second-order valence-corrected chi connectivity index (χ2v) is 6.38. The van der Waals surface area contributed by atoms with Gasteiger partial charge in [-0.1, -0.05) is 15.9 Å². The van der Waals surface area contributed by atoms with Crippen molar-refractivity contribution in [3.8, 4) is 0 Å². The quantitative estimate of drug-likeness (QED) is 0.843. The number of amides is 3. The molecule has 7 nitrogen and oxygen atoms in total. The van der Waals surface area contributed by atoms with Gasteiger partial charge in [-0.05, 0) is 42.8 Å². The second-order valence-electron chi connectivity index (χ2n) is 5.47. The third-order valence-corrected chi connectivity index (χ3v) is 4.32. The van der Waals surface area contributed by atoms with E-state index < -0.39 is 5.91 Å². The van der Waals surface area contributed by atoms with Gasteiger partial charge in [0.15, 0.2) is 5.76 Å². The van der Waals surface area contributed by atoms with E-state index in [0.717, 1.165) is 4.47 Å². The number of rotatable bonds is 4. The van der Waals surface area contributed by atoms with E-state index >= 15 is 0 Å². The lowest BCUT2D eigenvalue weighted by molar-refractivity contribution is -0.139. The van der Waals surface area contributed by atoms with Crippen LogP contribution in [0, 0.1) is 0 Å². The van der Waals surface area contributed by atoms with Gasteiger partial charge in [-0.2, -0.15) is 0 Å². The van der Waals surface area contributed by atoms with Gasteiger partial charge >= 0.3 is 0 Å². The van der Waals surface area contributed by atoms with Crippen LogP contribution in [0.1, 0.15) is 27.3 Å². The van der Waals surface area contributed by atoms with Gasteiger partial charge in [0.2, 0.25) is 0 Å². The molecule has 1 fully saturated rings. The van der Waals surface area contributed by atoms with Gasteiger partial charge in [-0.3, -0.25) is 14.4 Å². The number of carbonyl (C=O) groups excluding carboxylic acids is 3. The maximum Gasteiger partial charge on any atom is 0.287 e. The molecule has 2 heterocycles. The lowest BCUT2D eigenvalue weighted by Crippen LogP contribution is -2.48. The molecular formula is C17H16BrN3O4. The van der Waals surface area contributed by atoms with Gasteiger partial charge in [0.05, 0.1) is 12.8 Å². The summed E-state index contributed by atoms with van der Waals surface area (Å²) in [6.07, 6.45) is 2.08. The van der Waals surface area contributed by atoms with Crippen molar-refractivity contribution in [2.45, 2.75) is 6.42 Å². The minimum absolute atomic E-state index is 0.136. The molecule has 25 heavy (non-hydrogen) atoms. The molecule has 0 saturated carbocycles. The van der Waals surface area contributed by atoms with Crippen molar-refractivity contribution >= 4 is 33.7 Å². The Bertz CT molecular complexity index is 774. The SMILES string of the molecule is O=C(NCC(=O)N1CCCN1C(=O)c1ccc(Br)cc1)c1ccco1. The van der Waals surface area contributed by atoms with Crippen LogP contribution in [-0.4, -0.2) is 47.4 Å². The topological polar surface area (TPSA) is 82.9 Å². The molecule has 130 valence electrons. The average molecular weight is 406 g/mol. The van der Waals surface area contributed by atoms with Crippen LogP contribution in [0.2, 0.25) is 0 Å². The highest BCUT2D eigenvalue weighted by atomic mass is 79.9. The number of halogens is 1. The molecule has 1 aliphatic heterocycles. The van der Waals surface area contributed by atoms with Crippen molar-refractivity contribution in [3.05, 3.63) is 58.5 Å². The molecule has 2 aromatic rings. The monoisotopic (exact) mass is 405 g/mol. The van der Waals surface area contributed by atoms with Crippen molar-refractivity contribution in [2.24, 2.45) is 0 Å². The fourth-order valence-corrected chi connectivity index (χ4v) is 2.83. The first kappa shape index (κ1) is 17.2. The second kappa shape index (κ2) is 7.52. The molecule has 0 bridgehead atoms. The van der Waals surface area contributed by atoms with Crippen molar-refractivity contribution in [1.82, 2.24) is 15.3 Å². The van der Waals surface area contributed by atoms with Crippen LogP contribution in [-0.2, 0) is 4.79 Å². The molecule has 3 rings (SSSR count). The summed E-state index contributed by atoms with van der Waals surface area (Å²) < 4.78 is 5.85. The maximum atomic E-state index is 12.6. The molecule has 0 radical (unpaired) electrons. The van der Waals surface area contributed by atoms with Gasteiger partial charge in [-0.25, -0.2) is 10.0 Å². The molecule has 0 unspecified atom stereocenters. The van der Waals surface area contributed by atoms with Crippen LogP contribution in [0.3, 0.4) is 0 Å². The van der Waals surface area contributed by atoms with Gasteiger partial charge in [-0.15, -0.1) is 0 Å². The highest BCUT2D eigenvalue weighted by Crippen LogP contribution is 2.17. The predicted octanol–water partition coefficient (Wildman–Crippen LogP) is 2.06. The van der Waals surface area contributed by atoms with E-state index in [1.165, 1.54) is 22.3 Å². The molecule has 0 spiro atoms. The molecule has 0 aliphatic carbocycles. The number of nitrogens with one attached hydrogen (secondary N) is 1. The zero-order valence-corrected chi connectivity index (χ0v) is 14.9. The summed E-state index contributed by atoms with van der Waals surface area (Å²) in [5.74, 6) is -0.918. The molecular weight excluding hydrogens is 390 g/mol. The van der Waals surface area contributed by atoms with Gasteiger partial charge in [0.25, 0.3) is 17.7 Å². The zero-order chi connectivity index (χ0) is 17.8. The Morgan fingerprint density at radius 2 is 1.80 bits per heavy atom. The third kappa shape index (κ3) is 3.90. The number of hydrogen-bond acceptors (Lipinski definition) is 4. The number of carbonyl (C=O) groups is 3. The molecule has 0 atom stereocenters. The molecule has 1 saturated heterocycles. The Morgan fingerprint density at radius 1 is 1.08 bits per heavy atom. The minimum atomic E-state index is -0.469. The van der Waals surface area contributed by atoms with E-state index in [0.29, 0.717) is 25.1 Å². The van der Waals surface area contributed by atoms with E-state index in [1.807, 2.05) is 0 Å². The molecule has 3 amide bonds.